The Kier molecular flexibility index (Phi) is 9.15. The van der Waals surface area contributed by atoms with Crippen molar-refractivity contribution in [2.24, 2.45) is 0 Å². The highest BCUT2D eigenvalue weighted by molar-refractivity contribution is 5.76. The second kappa shape index (κ2) is 11.0. The minimum Gasteiger partial charge on any atom is -0.492 e. The summed E-state index contributed by atoms with van der Waals surface area (Å²) in [6.45, 7) is 4.14. The Bertz CT molecular complexity index is 395. The van der Waals surface area contributed by atoms with E-state index in [0.29, 0.717) is 26.4 Å². The van der Waals surface area contributed by atoms with Crippen molar-refractivity contribution in [1.29, 1.82) is 0 Å². The van der Waals surface area contributed by atoms with Gasteiger partial charge in [-0.15, -0.1) is 0 Å². The second-order valence-electron chi connectivity index (χ2n) is 4.55. The van der Waals surface area contributed by atoms with E-state index in [2.05, 4.69) is 10.3 Å². The lowest BCUT2D eigenvalue weighted by Gasteiger charge is -2.07. The number of anilines is 1. The number of ether oxygens (including phenoxy) is 3. The lowest BCUT2D eigenvalue weighted by atomic mass is 10.4. The van der Waals surface area contributed by atoms with Crippen LogP contribution in [0.25, 0.3) is 0 Å². The van der Waals surface area contributed by atoms with Gasteiger partial charge in [0.15, 0.2) is 5.78 Å². The van der Waals surface area contributed by atoms with E-state index < -0.39 is 0 Å². The lowest BCUT2D eigenvalue weighted by molar-refractivity contribution is -0.121. The molecule has 0 aromatic carbocycles. The van der Waals surface area contributed by atoms with Crippen LogP contribution >= 0.6 is 0 Å². The highest BCUT2D eigenvalue weighted by Crippen LogP contribution is 2.11. The number of hydrogen-bond acceptors (Lipinski definition) is 6. The largest absolute Gasteiger partial charge is 0.492 e. The molecular formula is C15H24N2O4. The molecule has 0 aliphatic heterocycles. The summed E-state index contributed by atoms with van der Waals surface area (Å²) < 4.78 is 16.1. The fourth-order valence-corrected chi connectivity index (χ4v) is 1.55. The van der Waals surface area contributed by atoms with E-state index in [1.807, 2.05) is 19.2 Å². The zero-order valence-electron chi connectivity index (χ0n) is 12.8. The van der Waals surface area contributed by atoms with Crippen LogP contribution in [0.15, 0.2) is 18.3 Å². The molecule has 0 bridgehead atoms. The molecular weight excluding hydrogens is 272 g/mol. The first-order valence-electron chi connectivity index (χ1n) is 7.14. The molecule has 0 saturated carbocycles. The first-order chi connectivity index (χ1) is 10.2. The smallest absolute Gasteiger partial charge is 0.155 e. The Morgan fingerprint density at radius 3 is 2.48 bits per heavy atom. The van der Waals surface area contributed by atoms with Crippen molar-refractivity contribution in [2.45, 2.75) is 19.8 Å². The number of nitrogens with one attached hydrogen (secondary N) is 1. The van der Waals surface area contributed by atoms with Gasteiger partial charge in [0.2, 0.25) is 0 Å². The van der Waals surface area contributed by atoms with E-state index in [-0.39, 0.29) is 12.4 Å². The van der Waals surface area contributed by atoms with Crippen molar-refractivity contribution in [3.05, 3.63) is 18.3 Å². The number of ketones is 1. The lowest BCUT2D eigenvalue weighted by Crippen LogP contribution is -2.08. The maximum atomic E-state index is 10.6. The number of aromatic nitrogens is 1. The Morgan fingerprint density at radius 2 is 1.86 bits per heavy atom. The zero-order chi connectivity index (χ0) is 15.3. The monoisotopic (exact) mass is 296 g/mol. The van der Waals surface area contributed by atoms with Gasteiger partial charge in [0, 0.05) is 33.3 Å². The molecule has 0 atom stereocenters. The third kappa shape index (κ3) is 8.99. The summed E-state index contributed by atoms with van der Waals surface area (Å²) in [7, 11) is 1.82. The Balaban J connectivity index is 1.91. The Hall–Kier alpha value is -1.66. The minimum atomic E-state index is 0.0466. The molecule has 21 heavy (non-hydrogen) atoms. The van der Waals surface area contributed by atoms with Crippen LogP contribution in [0, 0.1) is 0 Å². The summed E-state index contributed by atoms with van der Waals surface area (Å²) in [6, 6.07) is 3.75. The van der Waals surface area contributed by atoms with Crippen LogP contribution < -0.4 is 10.1 Å². The Labute approximate surface area is 125 Å². The summed E-state index contributed by atoms with van der Waals surface area (Å²) >= 11 is 0. The minimum absolute atomic E-state index is 0.0466. The van der Waals surface area contributed by atoms with Crippen LogP contribution in [0.4, 0.5) is 5.82 Å². The van der Waals surface area contributed by atoms with Crippen LogP contribution in [0.1, 0.15) is 19.8 Å². The molecule has 6 heteroatoms. The molecule has 118 valence electrons. The predicted octanol–water partition coefficient (Wildman–Crippen LogP) is 1.90. The molecule has 1 heterocycles. The summed E-state index contributed by atoms with van der Waals surface area (Å²) in [5.41, 5.74) is 0. The van der Waals surface area contributed by atoms with Crippen molar-refractivity contribution < 1.29 is 19.0 Å². The van der Waals surface area contributed by atoms with E-state index in [9.17, 15) is 4.79 Å². The predicted molar refractivity (Wildman–Crippen MR) is 80.8 cm³/mol. The number of pyridine rings is 1. The fraction of sp³-hybridized carbons (Fsp3) is 0.600. The first kappa shape index (κ1) is 17.4. The standard InChI is InChI=1S/C15H24N2O4/c1-13(18)12-20-9-3-7-19-8-4-10-21-14-5-6-15(16-2)17-11-14/h5-6,11H,3-4,7-10,12H2,1-2H3,(H,16,17). The highest BCUT2D eigenvalue weighted by atomic mass is 16.5. The summed E-state index contributed by atoms with van der Waals surface area (Å²) in [4.78, 5) is 14.8. The average molecular weight is 296 g/mol. The number of carbonyl (C=O) groups is 1. The molecule has 1 rings (SSSR count). The normalized spacial score (nSPS) is 10.4. The van der Waals surface area contributed by atoms with Crippen LogP contribution in [-0.2, 0) is 14.3 Å². The molecule has 1 aromatic heterocycles. The summed E-state index contributed by atoms with van der Waals surface area (Å²) in [5, 5.41) is 2.95. The molecule has 1 aromatic rings. The van der Waals surface area contributed by atoms with Gasteiger partial charge in [0.05, 0.1) is 12.8 Å². The third-order valence-electron chi connectivity index (χ3n) is 2.58. The zero-order valence-corrected chi connectivity index (χ0v) is 12.8. The summed E-state index contributed by atoms with van der Waals surface area (Å²) in [5.74, 6) is 1.62. The molecule has 0 saturated heterocycles. The Morgan fingerprint density at radius 1 is 1.14 bits per heavy atom. The van der Waals surface area contributed by atoms with Gasteiger partial charge in [-0.2, -0.15) is 0 Å². The molecule has 0 radical (unpaired) electrons. The van der Waals surface area contributed by atoms with Gasteiger partial charge < -0.3 is 19.5 Å². The van der Waals surface area contributed by atoms with Gasteiger partial charge in [-0.05, 0) is 25.5 Å². The van der Waals surface area contributed by atoms with Gasteiger partial charge in [-0.25, -0.2) is 4.98 Å². The van der Waals surface area contributed by atoms with E-state index in [1.165, 1.54) is 6.92 Å². The number of carbonyl (C=O) groups excluding carboxylic acids is 1. The summed E-state index contributed by atoms with van der Waals surface area (Å²) in [6.07, 6.45) is 3.31. The molecule has 1 N–H and O–H groups in total. The number of nitrogens with zero attached hydrogens (tertiary/aromatic N) is 1. The van der Waals surface area contributed by atoms with Crippen LogP contribution in [0.2, 0.25) is 0 Å². The topological polar surface area (TPSA) is 69.7 Å². The maximum Gasteiger partial charge on any atom is 0.155 e. The number of Topliss-reactive ketones (excluding diaryl/α,β-unsaturated/α-hetero) is 1. The molecule has 0 fully saturated rings. The van der Waals surface area contributed by atoms with Gasteiger partial charge in [0.1, 0.15) is 18.2 Å². The average Bonchev–Trinajstić information content (AvgIpc) is 2.49. The quantitative estimate of drug-likeness (QED) is 0.594. The maximum absolute atomic E-state index is 10.6. The van der Waals surface area contributed by atoms with E-state index in [4.69, 9.17) is 14.2 Å². The first-order valence-corrected chi connectivity index (χ1v) is 7.14. The SMILES string of the molecule is CNc1ccc(OCCCOCCCOCC(C)=O)cn1. The van der Waals surface area contributed by atoms with Crippen LogP contribution in [0.5, 0.6) is 5.75 Å². The molecule has 0 aliphatic carbocycles. The van der Waals surface area contributed by atoms with Crippen LogP contribution in [-0.4, -0.2) is 50.8 Å². The van der Waals surface area contributed by atoms with Crippen molar-refractivity contribution in [1.82, 2.24) is 4.98 Å². The number of hydrogen-bond donors (Lipinski definition) is 1. The van der Waals surface area contributed by atoms with Gasteiger partial charge >= 0.3 is 0 Å². The van der Waals surface area contributed by atoms with E-state index in [1.54, 1.807) is 6.20 Å². The second-order valence-corrected chi connectivity index (χ2v) is 4.55. The highest BCUT2D eigenvalue weighted by Gasteiger charge is 1.96. The van der Waals surface area contributed by atoms with Crippen molar-refractivity contribution in [2.75, 3.05) is 45.4 Å². The van der Waals surface area contributed by atoms with Gasteiger partial charge in [-0.3, -0.25) is 4.79 Å². The van der Waals surface area contributed by atoms with Crippen molar-refractivity contribution in [3.8, 4) is 5.75 Å². The molecule has 0 spiro atoms. The van der Waals surface area contributed by atoms with E-state index >= 15 is 0 Å². The molecule has 0 amide bonds. The molecule has 0 unspecified atom stereocenters. The number of rotatable bonds is 12. The third-order valence-corrected chi connectivity index (χ3v) is 2.58. The van der Waals surface area contributed by atoms with Crippen molar-refractivity contribution in [3.63, 3.8) is 0 Å². The molecule has 0 aliphatic rings. The van der Waals surface area contributed by atoms with Gasteiger partial charge in [-0.1, -0.05) is 0 Å². The van der Waals surface area contributed by atoms with Gasteiger partial charge in [0.25, 0.3) is 0 Å². The van der Waals surface area contributed by atoms with Crippen LogP contribution in [0.3, 0.4) is 0 Å². The fourth-order valence-electron chi connectivity index (χ4n) is 1.55. The van der Waals surface area contributed by atoms with E-state index in [0.717, 1.165) is 24.4 Å². The van der Waals surface area contributed by atoms with Crippen molar-refractivity contribution >= 4 is 11.6 Å². The molecule has 6 nitrogen and oxygen atoms in total.